The maximum Gasteiger partial charge on any atom is 0.230 e. The number of methoxy groups -OCH3 is 2. The molecule has 5 rings (SSSR count). The molecule has 6 nitrogen and oxygen atoms in total. The molecule has 152 valence electrons. The number of para-hydroxylation sites is 1. The van der Waals surface area contributed by atoms with Crippen molar-refractivity contribution in [3.63, 3.8) is 0 Å². The first-order valence-electron chi connectivity index (χ1n) is 10.1. The highest BCUT2D eigenvalue weighted by Crippen LogP contribution is 2.39. The number of carbonyl (C=O) groups is 1. The first kappa shape index (κ1) is 18.6. The van der Waals surface area contributed by atoms with Gasteiger partial charge in [-0.1, -0.05) is 24.3 Å². The zero-order valence-corrected chi connectivity index (χ0v) is 17.1. The Labute approximate surface area is 175 Å². The van der Waals surface area contributed by atoms with Crippen molar-refractivity contribution in [1.82, 2.24) is 9.97 Å². The van der Waals surface area contributed by atoms with Gasteiger partial charge in [0.15, 0.2) is 5.78 Å². The van der Waals surface area contributed by atoms with Crippen molar-refractivity contribution in [1.29, 1.82) is 0 Å². The average molecular weight is 401 g/mol. The number of ether oxygens (including phenoxy) is 2. The Morgan fingerprint density at radius 2 is 1.93 bits per heavy atom. The fraction of sp³-hybridized carbons (Fsp3) is 0.292. The van der Waals surface area contributed by atoms with Crippen molar-refractivity contribution in [3.05, 3.63) is 71.0 Å². The molecule has 0 radical (unpaired) electrons. The molecule has 1 atom stereocenters. The van der Waals surface area contributed by atoms with E-state index in [-0.39, 0.29) is 11.7 Å². The minimum atomic E-state index is 0.0134. The molecule has 2 aliphatic rings. The highest BCUT2D eigenvalue weighted by molar-refractivity contribution is 5.98. The lowest BCUT2D eigenvalue weighted by Gasteiger charge is -2.26. The highest BCUT2D eigenvalue weighted by Gasteiger charge is 2.31. The summed E-state index contributed by atoms with van der Waals surface area (Å²) in [6, 6.07) is 14.1. The number of rotatable bonds is 4. The van der Waals surface area contributed by atoms with Crippen molar-refractivity contribution in [2.45, 2.75) is 25.2 Å². The second-order valence-corrected chi connectivity index (χ2v) is 7.70. The fourth-order valence-electron chi connectivity index (χ4n) is 4.49. The summed E-state index contributed by atoms with van der Waals surface area (Å²) in [5.74, 6) is 2.22. The van der Waals surface area contributed by atoms with Crippen LogP contribution in [0.1, 0.15) is 39.5 Å². The topological polar surface area (TPSA) is 64.5 Å². The van der Waals surface area contributed by atoms with Crippen LogP contribution in [0.2, 0.25) is 0 Å². The number of Topliss-reactive ketones (excluding diaryl/α,β-unsaturated/α-hetero) is 1. The Bertz CT molecular complexity index is 1130. The Morgan fingerprint density at radius 3 is 2.77 bits per heavy atom. The number of fused-ring (bicyclic) bond motifs is 2. The van der Waals surface area contributed by atoms with Crippen LogP contribution in [0.5, 0.6) is 11.5 Å². The predicted octanol–water partition coefficient (Wildman–Crippen LogP) is 4.10. The van der Waals surface area contributed by atoms with Crippen LogP contribution in [0, 0.1) is 0 Å². The van der Waals surface area contributed by atoms with Gasteiger partial charge in [0.2, 0.25) is 5.95 Å². The first-order chi connectivity index (χ1) is 14.7. The van der Waals surface area contributed by atoms with Crippen molar-refractivity contribution in [2.75, 3.05) is 25.7 Å². The Hall–Kier alpha value is -3.41. The van der Waals surface area contributed by atoms with Crippen LogP contribution in [0.25, 0.3) is 0 Å². The lowest BCUT2D eigenvalue weighted by molar-refractivity contribution is 0.0962. The maximum atomic E-state index is 12.9. The first-order valence-corrected chi connectivity index (χ1v) is 10.1. The fourth-order valence-corrected chi connectivity index (χ4v) is 4.49. The summed E-state index contributed by atoms with van der Waals surface area (Å²) in [6.45, 7) is 0.849. The van der Waals surface area contributed by atoms with E-state index in [1.807, 2.05) is 24.3 Å². The lowest BCUT2D eigenvalue weighted by atomic mass is 9.82. The van der Waals surface area contributed by atoms with Gasteiger partial charge in [-0.25, -0.2) is 9.97 Å². The van der Waals surface area contributed by atoms with Crippen LogP contribution >= 0.6 is 0 Å². The standard InChI is InChI=1S/C24H23N3O3/c1-29-17-7-8-18(23(13-17)30-2)16-11-20-19(22(28)12-16)14-25-24(26-20)27-10-9-15-5-3-4-6-21(15)27/h3-8,13-14,16H,9-12H2,1-2H3/t16-/m1/s1. The lowest BCUT2D eigenvalue weighted by Crippen LogP contribution is -2.24. The zero-order chi connectivity index (χ0) is 20.7. The average Bonchev–Trinajstić information content (AvgIpc) is 3.22. The Kier molecular flexibility index (Phi) is 4.62. The number of carbonyl (C=O) groups excluding carboxylic acids is 1. The molecule has 0 unspecified atom stereocenters. The van der Waals surface area contributed by atoms with E-state index in [0.717, 1.165) is 41.4 Å². The van der Waals surface area contributed by atoms with Crippen LogP contribution < -0.4 is 14.4 Å². The van der Waals surface area contributed by atoms with Gasteiger partial charge in [-0.3, -0.25) is 4.79 Å². The molecule has 0 saturated heterocycles. The van der Waals surface area contributed by atoms with E-state index in [0.29, 0.717) is 24.4 Å². The minimum Gasteiger partial charge on any atom is -0.497 e. The van der Waals surface area contributed by atoms with Gasteiger partial charge in [0.05, 0.1) is 25.5 Å². The van der Waals surface area contributed by atoms with E-state index >= 15 is 0 Å². The molecule has 0 fully saturated rings. The van der Waals surface area contributed by atoms with Crippen LogP contribution in [-0.2, 0) is 12.8 Å². The third-order valence-electron chi connectivity index (χ3n) is 6.04. The maximum absolute atomic E-state index is 12.9. The second-order valence-electron chi connectivity index (χ2n) is 7.70. The van der Waals surface area contributed by atoms with Crippen LogP contribution in [-0.4, -0.2) is 36.5 Å². The third-order valence-corrected chi connectivity index (χ3v) is 6.04. The van der Waals surface area contributed by atoms with E-state index in [2.05, 4.69) is 28.1 Å². The number of benzene rings is 2. The zero-order valence-electron chi connectivity index (χ0n) is 17.1. The summed E-state index contributed by atoms with van der Waals surface area (Å²) in [5.41, 5.74) is 4.89. The molecule has 30 heavy (non-hydrogen) atoms. The summed E-state index contributed by atoms with van der Waals surface area (Å²) in [4.78, 5) is 24.4. The van der Waals surface area contributed by atoms with E-state index in [1.165, 1.54) is 5.56 Å². The molecule has 0 spiro atoms. The van der Waals surface area contributed by atoms with Gasteiger partial charge >= 0.3 is 0 Å². The molecular weight excluding hydrogens is 378 g/mol. The molecule has 0 amide bonds. The molecular formula is C24H23N3O3. The molecule has 0 N–H and O–H groups in total. The van der Waals surface area contributed by atoms with Gasteiger partial charge in [-0.05, 0) is 36.1 Å². The van der Waals surface area contributed by atoms with E-state index in [1.54, 1.807) is 20.4 Å². The van der Waals surface area contributed by atoms with E-state index < -0.39 is 0 Å². The third kappa shape index (κ3) is 3.09. The molecule has 0 saturated carbocycles. The molecule has 1 aliphatic carbocycles. The van der Waals surface area contributed by atoms with Gasteiger partial charge in [-0.2, -0.15) is 0 Å². The van der Waals surface area contributed by atoms with Crippen molar-refractivity contribution in [2.24, 2.45) is 0 Å². The van der Waals surface area contributed by atoms with Gasteiger partial charge in [0, 0.05) is 36.8 Å². The number of aromatic nitrogens is 2. The van der Waals surface area contributed by atoms with Crippen LogP contribution in [0.4, 0.5) is 11.6 Å². The van der Waals surface area contributed by atoms with Crippen molar-refractivity contribution in [3.8, 4) is 11.5 Å². The monoisotopic (exact) mass is 401 g/mol. The molecule has 2 aromatic carbocycles. The largest absolute Gasteiger partial charge is 0.497 e. The minimum absolute atomic E-state index is 0.0134. The smallest absolute Gasteiger partial charge is 0.230 e. The van der Waals surface area contributed by atoms with Gasteiger partial charge < -0.3 is 14.4 Å². The molecule has 6 heteroatoms. The van der Waals surface area contributed by atoms with Crippen LogP contribution in [0.15, 0.2) is 48.7 Å². The molecule has 0 bridgehead atoms. The Balaban J connectivity index is 1.49. The van der Waals surface area contributed by atoms with E-state index in [4.69, 9.17) is 14.5 Å². The molecule has 1 aromatic heterocycles. The number of anilines is 2. The SMILES string of the molecule is COc1ccc([C@H]2CC(=O)c3cnc(N4CCc5ccccc54)nc3C2)c(OC)c1. The molecule has 3 aromatic rings. The normalized spacial score (nSPS) is 17.5. The molecule has 2 heterocycles. The highest BCUT2D eigenvalue weighted by atomic mass is 16.5. The quantitative estimate of drug-likeness (QED) is 0.656. The molecule has 1 aliphatic heterocycles. The van der Waals surface area contributed by atoms with Crippen molar-refractivity contribution >= 4 is 17.4 Å². The van der Waals surface area contributed by atoms with Crippen molar-refractivity contribution < 1.29 is 14.3 Å². The summed E-state index contributed by atoms with van der Waals surface area (Å²) in [7, 11) is 3.27. The Morgan fingerprint density at radius 1 is 1.07 bits per heavy atom. The second kappa shape index (κ2) is 7.44. The van der Waals surface area contributed by atoms with Crippen LogP contribution in [0.3, 0.4) is 0 Å². The predicted molar refractivity (Wildman–Crippen MR) is 114 cm³/mol. The number of hydrogen-bond donors (Lipinski definition) is 0. The van der Waals surface area contributed by atoms with Gasteiger partial charge in [-0.15, -0.1) is 0 Å². The number of ketones is 1. The van der Waals surface area contributed by atoms with Gasteiger partial charge in [0.25, 0.3) is 0 Å². The summed E-state index contributed by atoms with van der Waals surface area (Å²) < 4.78 is 10.9. The summed E-state index contributed by atoms with van der Waals surface area (Å²) >= 11 is 0. The summed E-state index contributed by atoms with van der Waals surface area (Å²) in [6.07, 6.45) is 3.77. The van der Waals surface area contributed by atoms with E-state index in [9.17, 15) is 4.79 Å². The summed E-state index contributed by atoms with van der Waals surface area (Å²) in [5, 5.41) is 0. The number of nitrogens with zero attached hydrogens (tertiary/aromatic N) is 3. The number of hydrogen-bond acceptors (Lipinski definition) is 6. The van der Waals surface area contributed by atoms with Gasteiger partial charge in [0.1, 0.15) is 11.5 Å².